The smallest absolute Gasteiger partial charge is 0.344 e. The standard InChI is InChI=1S/C14H18O4/c1-10-5-6-12(11(7-10)8-15)17-9-13(16)18-14(2,3)4/h5-8H,9H2,1-4H3. The second-order valence-electron chi connectivity index (χ2n) is 5.03. The van der Waals surface area contributed by atoms with E-state index in [1.807, 2.05) is 13.0 Å². The van der Waals surface area contributed by atoms with Crippen molar-refractivity contribution in [2.45, 2.75) is 33.3 Å². The van der Waals surface area contributed by atoms with Gasteiger partial charge in [-0.2, -0.15) is 0 Å². The molecule has 0 aromatic heterocycles. The molecule has 0 saturated heterocycles. The maximum atomic E-state index is 11.5. The second kappa shape index (κ2) is 5.67. The van der Waals surface area contributed by atoms with Gasteiger partial charge in [0.25, 0.3) is 0 Å². The first-order valence-corrected chi connectivity index (χ1v) is 5.72. The number of hydrogen-bond acceptors (Lipinski definition) is 4. The third-order valence-electron chi connectivity index (χ3n) is 2.06. The molecule has 98 valence electrons. The molecule has 0 aliphatic carbocycles. The lowest BCUT2D eigenvalue weighted by Crippen LogP contribution is -2.27. The van der Waals surface area contributed by atoms with Crippen LogP contribution in [0.3, 0.4) is 0 Å². The van der Waals surface area contributed by atoms with Crippen LogP contribution in [0, 0.1) is 6.92 Å². The average molecular weight is 250 g/mol. The molecule has 18 heavy (non-hydrogen) atoms. The molecular weight excluding hydrogens is 232 g/mol. The van der Waals surface area contributed by atoms with Gasteiger partial charge in [-0.15, -0.1) is 0 Å². The van der Waals surface area contributed by atoms with Crippen LogP contribution in [0.25, 0.3) is 0 Å². The van der Waals surface area contributed by atoms with Crippen LogP contribution in [0.2, 0.25) is 0 Å². The van der Waals surface area contributed by atoms with Gasteiger partial charge in [-0.1, -0.05) is 11.6 Å². The van der Waals surface area contributed by atoms with E-state index in [-0.39, 0.29) is 6.61 Å². The zero-order chi connectivity index (χ0) is 13.8. The highest BCUT2D eigenvalue weighted by atomic mass is 16.6. The third-order valence-corrected chi connectivity index (χ3v) is 2.06. The molecule has 0 heterocycles. The summed E-state index contributed by atoms with van der Waals surface area (Å²) in [6.45, 7) is 7.03. The fraction of sp³-hybridized carbons (Fsp3) is 0.429. The van der Waals surface area contributed by atoms with E-state index in [4.69, 9.17) is 9.47 Å². The lowest BCUT2D eigenvalue weighted by molar-refractivity contribution is -0.157. The van der Waals surface area contributed by atoms with Crippen LogP contribution in [0.5, 0.6) is 5.75 Å². The summed E-state index contributed by atoms with van der Waals surface area (Å²) in [4.78, 5) is 22.3. The zero-order valence-electron chi connectivity index (χ0n) is 11.1. The molecule has 1 aromatic carbocycles. The van der Waals surface area contributed by atoms with Gasteiger partial charge in [0, 0.05) is 0 Å². The summed E-state index contributed by atoms with van der Waals surface area (Å²) in [6.07, 6.45) is 0.706. The maximum absolute atomic E-state index is 11.5. The Bertz CT molecular complexity index is 444. The number of carbonyl (C=O) groups excluding carboxylic acids is 2. The van der Waals surface area contributed by atoms with Crippen LogP contribution in [-0.2, 0) is 9.53 Å². The number of aryl methyl sites for hydroxylation is 1. The molecular formula is C14H18O4. The van der Waals surface area contributed by atoms with Gasteiger partial charge in [0.1, 0.15) is 11.4 Å². The summed E-state index contributed by atoms with van der Waals surface area (Å²) < 4.78 is 10.4. The Morgan fingerprint density at radius 2 is 2.00 bits per heavy atom. The lowest BCUT2D eigenvalue weighted by atomic mass is 10.1. The van der Waals surface area contributed by atoms with Crippen LogP contribution < -0.4 is 4.74 Å². The van der Waals surface area contributed by atoms with Gasteiger partial charge >= 0.3 is 5.97 Å². The molecule has 0 aliphatic heterocycles. The summed E-state index contributed by atoms with van der Waals surface area (Å²) in [5.41, 5.74) is 0.849. The first kappa shape index (κ1) is 14.2. The van der Waals surface area contributed by atoms with Gasteiger partial charge < -0.3 is 9.47 Å². The quantitative estimate of drug-likeness (QED) is 0.608. The highest BCUT2D eigenvalue weighted by molar-refractivity contribution is 5.80. The molecule has 0 saturated carbocycles. The van der Waals surface area contributed by atoms with E-state index in [0.29, 0.717) is 17.6 Å². The Hall–Kier alpha value is -1.84. The van der Waals surface area contributed by atoms with Gasteiger partial charge in [0.05, 0.1) is 5.56 Å². The molecule has 0 atom stereocenters. The van der Waals surface area contributed by atoms with E-state index in [1.54, 1.807) is 32.9 Å². The number of hydrogen-bond donors (Lipinski definition) is 0. The average Bonchev–Trinajstić information content (AvgIpc) is 2.24. The van der Waals surface area contributed by atoms with Gasteiger partial charge in [0.15, 0.2) is 12.9 Å². The van der Waals surface area contributed by atoms with Crippen molar-refractivity contribution in [2.75, 3.05) is 6.61 Å². The van der Waals surface area contributed by atoms with E-state index in [2.05, 4.69) is 0 Å². The van der Waals surface area contributed by atoms with E-state index in [0.717, 1.165) is 5.56 Å². The Labute approximate surface area is 107 Å². The molecule has 0 unspecified atom stereocenters. The van der Waals surface area contributed by atoms with E-state index in [1.165, 1.54) is 0 Å². The summed E-state index contributed by atoms with van der Waals surface area (Å²) in [5.74, 6) is -0.0682. The molecule has 0 fully saturated rings. The molecule has 0 radical (unpaired) electrons. The van der Waals surface area contributed by atoms with Crippen molar-refractivity contribution in [3.63, 3.8) is 0 Å². The van der Waals surface area contributed by atoms with Crippen molar-refractivity contribution in [3.05, 3.63) is 29.3 Å². The summed E-state index contributed by atoms with van der Waals surface area (Å²) in [6, 6.07) is 5.19. The SMILES string of the molecule is Cc1ccc(OCC(=O)OC(C)(C)C)c(C=O)c1. The van der Waals surface area contributed by atoms with Crippen LogP contribution in [0.4, 0.5) is 0 Å². The molecule has 0 amide bonds. The van der Waals surface area contributed by atoms with E-state index < -0.39 is 11.6 Å². The van der Waals surface area contributed by atoms with Crippen molar-refractivity contribution in [3.8, 4) is 5.75 Å². The number of benzene rings is 1. The van der Waals surface area contributed by atoms with E-state index in [9.17, 15) is 9.59 Å². The van der Waals surface area contributed by atoms with Crippen molar-refractivity contribution in [2.24, 2.45) is 0 Å². The van der Waals surface area contributed by atoms with Crippen molar-refractivity contribution < 1.29 is 19.1 Å². The molecule has 1 aromatic rings. The second-order valence-corrected chi connectivity index (χ2v) is 5.03. The monoisotopic (exact) mass is 250 g/mol. The van der Waals surface area contributed by atoms with Crippen molar-refractivity contribution >= 4 is 12.3 Å². The number of carbonyl (C=O) groups is 2. The predicted molar refractivity (Wildman–Crippen MR) is 67.9 cm³/mol. The molecule has 0 spiro atoms. The van der Waals surface area contributed by atoms with Crippen molar-refractivity contribution in [1.82, 2.24) is 0 Å². The minimum absolute atomic E-state index is 0.207. The Morgan fingerprint density at radius 1 is 1.33 bits per heavy atom. The minimum atomic E-state index is -0.540. The highest BCUT2D eigenvalue weighted by Gasteiger charge is 2.17. The Kier molecular flexibility index (Phi) is 4.48. The molecule has 4 nitrogen and oxygen atoms in total. The number of ether oxygens (including phenoxy) is 2. The molecule has 0 bridgehead atoms. The Balaban J connectivity index is 2.64. The number of esters is 1. The summed E-state index contributed by atoms with van der Waals surface area (Å²) in [5, 5.41) is 0. The normalized spacial score (nSPS) is 10.9. The van der Waals surface area contributed by atoms with Crippen LogP contribution in [-0.4, -0.2) is 24.5 Å². The fourth-order valence-electron chi connectivity index (χ4n) is 1.40. The van der Waals surface area contributed by atoms with Gasteiger partial charge in [-0.25, -0.2) is 4.79 Å². The minimum Gasteiger partial charge on any atom is -0.481 e. The topological polar surface area (TPSA) is 52.6 Å². The van der Waals surface area contributed by atoms with Crippen LogP contribution >= 0.6 is 0 Å². The Morgan fingerprint density at radius 3 is 2.56 bits per heavy atom. The third kappa shape index (κ3) is 4.57. The lowest BCUT2D eigenvalue weighted by Gasteiger charge is -2.19. The summed E-state index contributed by atoms with van der Waals surface area (Å²) in [7, 11) is 0. The van der Waals surface area contributed by atoms with Crippen LogP contribution in [0.15, 0.2) is 18.2 Å². The molecule has 1 rings (SSSR count). The zero-order valence-corrected chi connectivity index (χ0v) is 11.1. The fourth-order valence-corrected chi connectivity index (χ4v) is 1.40. The predicted octanol–water partition coefficient (Wildman–Crippen LogP) is 2.53. The van der Waals surface area contributed by atoms with Crippen molar-refractivity contribution in [1.29, 1.82) is 0 Å². The van der Waals surface area contributed by atoms with E-state index >= 15 is 0 Å². The molecule has 4 heteroatoms. The molecule has 0 aliphatic rings. The largest absolute Gasteiger partial charge is 0.481 e. The first-order valence-electron chi connectivity index (χ1n) is 5.72. The van der Waals surface area contributed by atoms with Gasteiger partial charge in [0.2, 0.25) is 0 Å². The maximum Gasteiger partial charge on any atom is 0.344 e. The summed E-state index contributed by atoms with van der Waals surface area (Å²) >= 11 is 0. The van der Waals surface area contributed by atoms with Gasteiger partial charge in [-0.3, -0.25) is 4.79 Å². The number of aldehydes is 1. The number of rotatable bonds is 4. The first-order chi connectivity index (χ1) is 8.31. The highest BCUT2D eigenvalue weighted by Crippen LogP contribution is 2.18. The van der Waals surface area contributed by atoms with Crippen LogP contribution in [0.1, 0.15) is 36.7 Å². The molecule has 0 N–H and O–H groups in total. The van der Waals surface area contributed by atoms with Gasteiger partial charge in [-0.05, 0) is 39.8 Å².